The Morgan fingerprint density at radius 3 is 2.53 bits per heavy atom. The first-order chi connectivity index (χ1) is 16.7. The van der Waals surface area contributed by atoms with Crippen LogP contribution in [0.25, 0.3) is 0 Å². The number of amides is 1. The van der Waals surface area contributed by atoms with Crippen molar-refractivity contribution in [3.05, 3.63) is 101 Å². The summed E-state index contributed by atoms with van der Waals surface area (Å²) in [5, 5.41) is 0. The summed E-state index contributed by atoms with van der Waals surface area (Å²) in [5.74, 6) is 0.151. The van der Waals surface area contributed by atoms with E-state index < -0.39 is 0 Å². The van der Waals surface area contributed by atoms with Gasteiger partial charge in [-0.15, -0.1) is 0 Å². The second-order valence-corrected chi connectivity index (χ2v) is 9.59. The number of carbonyl (C=O) groups excluding carboxylic acids is 1. The third-order valence-electron chi connectivity index (χ3n) is 7.09. The molecule has 0 unspecified atom stereocenters. The van der Waals surface area contributed by atoms with E-state index in [-0.39, 0.29) is 17.6 Å². The van der Waals surface area contributed by atoms with Crippen LogP contribution in [0.2, 0.25) is 0 Å². The number of rotatable bonds is 6. The summed E-state index contributed by atoms with van der Waals surface area (Å²) in [6, 6.07) is 20.9. The highest BCUT2D eigenvalue weighted by atomic mass is 19.1. The van der Waals surface area contributed by atoms with E-state index in [9.17, 15) is 9.18 Å². The lowest BCUT2D eigenvalue weighted by molar-refractivity contribution is 0.0703. The minimum absolute atomic E-state index is 0.141. The fourth-order valence-corrected chi connectivity index (χ4v) is 5.26. The van der Waals surface area contributed by atoms with Gasteiger partial charge in [-0.25, -0.2) is 4.39 Å². The number of hydrogen-bond acceptors (Lipinski definition) is 3. The van der Waals surface area contributed by atoms with Crippen LogP contribution in [0.15, 0.2) is 66.7 Å². The fourth-order valence-electron chi connectivity index (χ4n) is 5.26. The molecule has 3 aromatic rings. The molecule has 2 aliphatic rings. The highest BCUT2D eigenvalue weighted by Crippen LogP contribution is 2.28. The summed E-state index contributed by atoms with van der Waals surface area (Å²) in [6.45, 7) is 4.58. The largest absolute Gasteiger partial charge is 0.338 e. The number of likely N-dealkylation sites (tertiary alicyclic amines) is 2. The molecule has 0 radical (unpaired) electrons. The minimum Gasteiger partial charge on any atom is -0.338 e. The smallest absolute Gasteiger partial charge is 0.254 e. The first-order valence-electron chi connectivity index (χ1n) is 12.5. The Morgan fingerprint density at radius 2 is 1.71 bits per heavy atom. The molecular weight excluding hydrogens is 425 g/mol. The first kappa shape index (κ1) is 22.7. The molecule has 2 aliphatic heterocycles. The van der Waals surface area contributed by atoms with E-state index in [4.69, 9.17) is 4.98 Å². The van der Waals surface area contributed by atoms with E-state index in [0.29, 0.717) is 13.0 Å². The number of benzene rings is 2. The molecule has 4 nitrogen and oxygen atoms in total. The zero-order valence-corrected chi connectivity index (χ0v) is 19.6. The molecule has 1 aromatic heterocycles. The first-order valence-corrected chi connectivity index (χ1v) is 12.5. The normalized spacial score (nSPS) is 18.9. The second kappa shape index (κ2) is 10.5. The number of hydrogen-bond donors (Lipinski definition) is 0. The lowest BCUT2D eigenvalue weighted by Gasteiger charge is -2.33. The van der Waals surface area contributed by atoms with Crippen LogP contribution in [0.4, 0.5) is 4.39 Å². The van der Waals surface area contributed by atoms with Gasteiger partial charge in [0.05, 0.1) is 0 Å². The van der Waals surface area contributed by atoms with E-state index in [0.717, 1.165) is 67.1 Å². The van der Waals surface area contributed by atoms with Gasteiger partial charge in [0, 0.05) is 48.9 Å². The average Bonchev–Trinajstić information content (AvgIpc) is 3.39. The summed E-state index contributed by atoms with van der Waals surface area (Å²) in [7, 11) is 0. The van der Waals surface area contributed by atoms with Crippen molar-refractivity contribution in [3.63, 3.8) is 0 Å². The summed E-state index contributed by atoms with van der Waals surface area (Å²) >= 11 is 0. The lowest BCUT2D eigenvalue weighted by atomic mass is 9.93. The molecule has 176 valence electrons. The quantitative estimate of drug-likeness (QED) is 0.495. The minimum atomic E-state index is -0.223. The monoisotopic (exact) mass is 457 g/mol. The molecular formula is C29H32FN3O. The van der Waals surface area contributed by atoms with Crippen LogP contribution < -0.4 is 0 Å². The second-order valence-electron chi connectivity index (χ2n) is 9.59. The molecule has 0 spiro atoms. The Bertz CT molecular complexity index is 1120. The number of nitrogens with zero attached hydrogens (tertiary/aromatic N) is 3. The molecule has 1 atom stereocenters. The van der Waals surface area contributed by atoms with Crippen molar-refractivity contribution in [2.45, 2.75) is 44.6 Å². The molecule has 1 amide bonds. The maximum absolute atomic E-state index is 13.6. The van der Waals surface area contributed by atoms with E-state index in [1.807, 2.05) is 47.4 Å². The highest BCUT2D eigenvalue weighted by Gasteiger charge is 2.28. The van der Waals surface area contributed by atoms with Crippen molar-refractivity contribution >= 4 is 5.91 Å². The Labute approximate surface area is 201 Å². The zero-order valence-electron chi connectivity index (χ0n) is 19.6. The molecule has 0 aliphatic carbocycles. The molecule has 0 bridgehead atoms. The molecule has 0 N–H and O–H groups in total. The Morgan fingerprint density at radius 1 is 0.912 bits per heavy atom. The van der Waals surface area contributed by atoms with Crippen molar-refractivity contribution < 1.29 is 9.18 Å². The van der Waals surface area contributed by atoms with E-state index in [2.05, 4.69) is 17.0 Å². The van der Waals surface area contributed by atoms with Gasteiger partial charge < -0.3 is 4.90 Å². The van der Waals surface area contributed by atoms with Crippen LogP contribution in [0.1, 0.15) is 64.5 Å². The van der Waals surface area contributed by atoms with Crippen LogP contribution in [0, 0.1) is 5.82 Å². The predicted molar refractivity (Wildman–Crippen MR) is 132 cm³/mol. The molecule has 3 heterocycles. The Hall–Kier alpha value is -3.05. The van der Waals surface area contributed by atoms with Gasteiger partial charge in [-0.3, -0.25) is 14.7 Å². The summed E-state index contributed by atoms with van der Waals surface area (Å²) in [5.41, 5.74) is 5.04. The number of carbonyl (C=O) groups is 1. The standard InChI is InChI=1S/C29H32FN3O/c30-25-14-12-22(13-15-25)19-26-9-5-11-28(31-26)24-8-6-18-33(21-24)29(34)27-10-2-1-7-23(27)20-32-16-3-4-17-32/h1-2,5,7,9-15,24H,3-4,6,8,16-21H2/t24-/m0/s1. The third kappa shape index (κ3) is 5.36. The van der Waals surface area contributed by atoms with Crippen molar-refractivity contribution in [2.75, 3.05) is 26.2 Å². The zero-order chi connectivity index (χ0) is 23.3. The number of aromatic nitrogens is 1. The summed E-state index contributed by atoms with van der Waals surface area (Å²) < 4.78 is 13.2. The fraction of sp³-hybridized carbons (Fsp3) is 0.379. The van der Waals surface area contributed by atoms with Gasteiger partial charge in [0.15, 0.2) is 0 Å². The SMILES string of the molecule is O=C(c1ccccc1CN1CCCC1)N1CCC[C@H](c2cccc(Cc3ccc(F)cc3)n2)C1. The maximum Gasteiger partial charge on any atom is 0.254 e. The number of piperidine rings is 1. The molecule has 2 saturated heterocycles. The van der Waals surface area contributed by atoms with Crippen molar-refractivity contribution in [3.8, 4) is 0 Å². The van der Waals surface area contributed by atoms with Crippen LogP contribution >= 0.6 is 0 Å². The molecule has 0 saturated carbocycles. The molecule has 5 heteroatoms. The van der Waals surface area contributed by atoms with E-state index in [1.165, 1.54) is 25.0 Å². The van der Waals surface area contributed by atoms with Gasteiger partial charge in [0.2, 0.25) is 0 Å². The molecule has 2 aromatic carbocycles. The van der Waals surface area contributed by atoms with Gasteiger partial charge in [-0.2, -0.15) is 0 Å². The van der Waals surface area contributed by atoms with Crippen LogP contribution in [-0.2, 0) is 13.0 Å². The van der Waals surface area contributed by atoms with Gasteiger partial charge >= 0.3 is 0 Å². The Kier molecular flexibility index (Phi) is 7.00. The predicted octanol–water partition coefficient (Wildman–Crippen LogP) is 5.43. The van der Waals surface area contributed by atoms with Gasteiger partial charge in [0.25, 0.3) is 5.91 Å². The van der Waals surface area contributed by atoms with E-state index in [1.54, 1.807) is 0 Å². The van der Waals surface area contributed by atoms with E-state index >= 15 is 0 Å². The van der Waals surface area contributed by atoms with Crippen molar-refractivity contribution in [2.24, 2.45) is 0 Å². The maximum atomic E-state index is 13.6. The lowest BCUT2D eigenvalue weighted by Crippen LogP contribution is -2.40. The van der Waals surface area contributed by atoms with Gasteiger partial charge in [0.1, 0.15) is 5.82 Å². The van der Waals surface area contributed by atoms with Gasteiger partial charge in [-0.05, 0) is 80.2 Å². The topological polar surface area (TPSA) is 36.4 Å². The number of pyridine rings is 1. The molecule has 5 rings (SSSR count). The summed E-state index contributed by atoms with van der Waals surface area (Å²) in [4.78, 5) is 23.0. The van der Waals surface area contributed by atoms with Crippen molar-refractivity contribution in [1.29, 1.82) is 0 Å². The molecule has 34 heavy (non-hydrogen) atoms. The van der Waals surface area contributed by atoms with Crippen LogP contribution in [0.3, 0.4) is 0 Å². The van der Waals surface area contributed by atoms with Crippen molar-refractivity contribution in [1.82, 2.24) is 14.8 Å². The van der Waals surface area contributed by atoms with Gasteiger partial charge in [-0.1, -0.05) is 36.4 Å². The number of halogens is 1. The molecule has 2 fully saturated rings. The highest BCUT2D eigenvalue weighted by molar-refractivity contribution is 5.95. The van der Waals surface area contributed by atoms with Crippen LogP contribution in [-0.4, -0.2) is 46.9 Å². The average molecular weight is 458 g/mol. The van der Waals surface area contributed by atoms with Crippen LogP contribution in [0.5, 0.6) is 0 Å². The summed E-state index contributed by atoms with van der Waals surface area (Å²) in [6.07, 6.45) is 5.18. The third-order valence-corrected chi connectivity index (χ3v) is 7.09. The Balaban J connectivity index is 1.29.